The fourth-order valence-corrected chi connectivity index (χ4v) is 21.1. The Morgan fingerprint density at radius 1 is 0.153 bits per heavy atom. The summed E-state index contributed by atoms with van der Waals surface area (Å²) in [6.45, 7) is 9.17. The number of fused-ring (bicyclic) bond motifs is 8. The Bertz CT molecular complexity index is 7420. The normalized spacial score (nSPS) is 11.6. The van der Waals surface area contributed by atoms with Crippen LogP contribution < -0.4 is 0 Å². The molecule has 0 bridgehead atoms. The molecule has 24 aromatic rings. The van der Waals surface area contributed by atoms with Gasteiger partial charge in [-0.15, -0.1) is 0 Å². The topological polar surface area (TPSA) is 0 Å². The van der Waals surface area contributed by atoms with Gasteiger partial charge in [0.25, 0.3) is 0 Å². The van der Waals surface area contributed by atoms with Crippen molar-refractivity contribution in [2.75, 3.05) is 0 Å². The maximum absolute atomic E-state index is 2.29. The second kappa shape index (κ2) is 45.7. The van der Waals surface area contributed by atoms with Crippen molar-refractivity contribution in [1.82, 2.24) is 0 Å². The van der Waals surface area contributed by atoms with Crippen LogP contribution in [0.5, 0.6) is 0 Å². The zero-order chi connectivity index (χ0) is 98.0. The van der Waals surface area contributed by atoms with E-state index in [0.717, 1.165) is 12.8 Å². The number of rotatable bonds is 16. The quantitative estimate of drug-likeness (QED) is 0.0668. The van der Waals surface area contributed by atoms with E-state index in [1.165, 1.54) is 176 Å². The van der Waals surface area contributed by atoms with Crippen LogP contribution in [0.2, 0.25) is 0 Å². The minimum atomic E-state index is -0.328. The Hall–Kier alpha value is -17.4. The van der Waals surface area contributed by atoms with E-state index in [9.17, 15) is 0 Å². The molecule has 0 saturated carbocycles. The van der Waals surface area contributed by atoms with Crippen LogP contribution in [-0.2, 0) is 34.5 Å². The summed E-state index contributed by atoms with van der Waals surface area (Å²) in [5.41, 5.74) is 28.7. The molecule has 0 atom stereocenters. The van der Waals surface area contributed by atoms with Crippen LogP contribution in [0.15, 0.2) is 619 Å². The Labute approximate surface area is 851 Å². The molecular weight excluding hydrogens is 1730 g/mol. The van der Waals surface area contributed by atoms with Gasteiger partial charge in [-0.2, -0.15) is 0 Å². The molecule has 1 aliphatic carbocycles. The Balaban J connectivity index is 0.000000108. The molecule has 0 heterocycles. The molecule has 0 aromatic heterocycles. The minimum Gasteiger partial charge on any atom is -0.0622 e. The van der Waals surface area contributed by atoms with E-state index in [0.29, 0.717) is 0 Å². The maximum atomic E-state index is 2.29. The summed E-state index contributed by atoms with van der Waals surface area (Å²) in [6, 6.07) is 220. The first-order chi connectivity index (χ1) is 71.0. The second-order valence-corrected chi connectivity index (χ2v) is 37.9. The molecule has 0 heteroatoms. The van der Waals surface area contributed by atoms with Gasteiger partial charge in [0.05, 0.1) is 10.8 Å². The molecular formula is C144H118. The summed E-state index contributed by atoms with van der Waals surface area (Å²) in [5.74, 6) is 0. The van der Waals surface area contributed by atoms with Gasteiger partial charge in [0.15, 0.2) is 0 Å². The smallest absolute Gasteiger partial charge is 0.0622 e. The summed E-state index contributed by atoms with van der Waals surface area (Å²) in [7, 11) is 0. The van der Waals surface area contributed by atoms with Crippen LogP contribution in [0, 0.1) is 0 Å². The summed E-state index contributed by atoms with van der Waals surface area (Å²) < 4.78 is 0. The van der Waals surface area contributed by atoms with Crippen LogP contribution in [0.4, 0.5) is 0 Å². The van der Waals surface area contributed by atoms with Crippen LogP contribution in [-0.4, -0.2) is 0 Å². The summed E-state index contributed by atoms with van der Waals surface area (Å²) in [6.07, 6.45) is 1.90. The fraction of sp³-hybridized carbons (Fsp3) is 0.0694. The largest absolute Gasteiger partial charge is 0.0713 e. The lowest BCUT2D eigenvalue weighted by Gasteiger charge is -2.36. The van der Waals surface area contributed by atoms with Gasteiger partial charge in [0.1, 0.15) is 0 Å². The number of hydrogen-bond donors (Lipinski definition) is 0. The highest BCUT2D eigenvalue weighted by molar-refractivity contribution is 6.07. The summed E-state index contributed by atoms with van der Waals surface area (Å²) >= 11 is 0. The van der Waals surface area contributed by atoms with Crippen molar-refractivity contribution >= 4 is 53.9 Å². The van der Waals surface area contributed by atoms with Crippen molar-refractivity contribution in [2.24, 2.45) is 0 Å². The molecule has 0 saturated heterocycles. The van der Waals surface area contributed by atoms with Gasteiger partial charge < -0.3 is 0 Å². The molecule has 0 unspecified atom stereocenters. The average molecular weight is 1850 g/mol. The monoisotopic (exact) mass is 1850 g/mol. The number of benzene rings is 24. The fourth-order valence-electron chi connectivity index (χ4n) is 21.1. The van der Waals surface area contributed by atoms with Gasteiger partial charge in [0, 0.05) is 10.8 Å². The molecule has 694 valence electrons. The first-order valence-corrected chi connectivity index (χ1v) is 50.3. The Kier molecular flexibility index (Phi) is 30.3. The Morgan fingerprint density at radius 3 is 0.646 bits per heavy atom. The molecule has 25 rings (SSSR count). The van der Waals surface area contributed by atoms with E-state index >= 15 is 0 Å². The van der Waals surface area contributed by atoms with E-state index in [1.807, 2.05) is 12.1 Å². The highest BCUT2D eigenvalue weighted by Crippen LogP contribution is 2.56. The molecule has 0 amide bonds. The van der Waals surface area contributed by atoms with Crippen molar-refractivity contribution in [3.63, 3.8) is 0 Å². The number of hydrogen-bond acceptors (Lipinski definition) is 0. The second-order valence-electron chi connectivity index (χ2n) is 37.9. The van der Waals surface area contributed by atoms with Crippen molar-refractivity contribution in [1.29, 1.82) is 0 Å². The standard InChI is InChI=1S/C28H22.C25H18.C25H20.C24H26.C20H14.C12H10.C10H8/c1-3-11-21(12-4-1)19-27-23-15-7-9-17-25(23)28(20-22-13-5-2-6-14-22)26-18-10-8-16-24(26)27;1-3-11-19(12-4-1)25(20-13-5-2-6-14-20)23-17-9-7-15-21(23)22-16-8-10-18-24(22)25;1-5-13-21(14-6-1)25(22-15-7-2-8-16-22,23-17-9-3-10-18-23)24-19-11-4-12-20-24;1-23(2,19-11-7-5-8-12-19)21-15-17-22(18-16-21)24(3,4)20-13-9-6-10-14-20;1-3-11-17-15(7-1)9-5-13-19(17)20-14-6-10-16-8-2-4-12-18(16)20;1-3-7-11(8-4-1)12-9-5-2-6-10-12;1-2-6-10-8-4-3-7-9(10)5-1/h1-18H,19-20H2;1-18H;1-20H;5-18H,1-4H3;1-14H;1-10H;1-8H. The lowest BCUT2D eigenvalue weighted by atomic mass is 9.65. The predicted molar refractivity (Wildman–Crippen MR) is 615 cm³/mol. The van der Waals surface area contributed by atoms with Gasteiger partial charge in [0.2, 0.25) is 0 Å². The van der Waals surface area contributed by atoms with E-state index < -0.39 is 0 Å². The van der Waals surface area contributed by atoms with E-state index in [-0.39, 0.29) is 21.7 Å². The first-order valence-electron chi connectivity index (χ1n) is 50.3. The SMILES string of the molecule is CC(C)(c1ccccc1)c1ccc(C(C)(C)c2ccccc2)cc1.c1ccc(-c2ccccc2)cc1.c1ccc(C(c2ccccc2)(c2ccccc2)c2ccccc2)cc1.c1ccc(C2(c3ccccc3)c3ccccc3-c3ccccc32)cc1.c1ccc(Cc2c3ccccc3c(Cc3ccccc3)c3ccccc23)cc1.c1ccc2c(-c3cccc4ccccc34)cccc2c1.c1ccc2ccccc2c1. The zero-order valence-electron chi connectivity index (χ0n) is 82.3. The van der Waals surface area contributed by atoms with E-state index in [1.54, 1.807) is 0 Å². The van der Waals surface area contributed by atoms with E-state index in [4.69, 9.17) is 0 Å². The van der Waals surface area contributed by atoms with Crippen LogP contribution in [0.3, 0.4) is 0 Å². The van der Waals surface area contributed by atoms with Gasteiger partial charge in [-0.25, -0.2) is 0 Å². The zero-order valence-corrected chi connectivity index (χ0v) is 82.3. The minimum absolute atomic E-state index is 0.0106. The third-order valence-electron chi connectivity index (χ3n) is 28.5. The van der Waals surface area contributed by atoms with Crippen LogP contribution >= 0.6 is 0 Å². The third kappa shape index (κ3) is 21.1. The first kappa shape index (κ1) is 95.5. The molecule has 24 aromatic carbocycles. The Morgan fingerprint density at radius 2 is 0.354 bits per heavy atom. The van der Waals surface area contributed by atoms with Crippen molar-refractivity contribution in [2.45, 2.75) is 62.2 Å². The highest BCUT2D eigenvalue weighted by atomic mass is 14.5. The third-order valence-corrected chi connectivity index (χ3v) is 28.5. The van der Waals surface area contributed by atoms with Gasteiger partial charge >= 0.3 is 0 Å². The predicted octanol–water partition coefficient (Wildman–Crippen LogP) is 37.5. The molecule has 0 nitrogen and oxygen atoms in total. The highest BCUT2D eigenvalue weighted by Gasteiger charge is 2.46. The molecule has 1 aliphatic rings. The lowest BCUT2D eigenvalue weighted by Crippen LogP contribution is -2.30. The van der Waals surface area contributed by atoms with E-state index in [2.05, 4.69) is 634 Å². The van der Waals surface area contributed by atoms with Crippen molar-refractivity contribution < 1.29 is 0 Å². The van der Waals surface area contributed by atoms with Crippen molar-refractivity contribution in [3.8, 4) is 33.4 Å². The molecule has 0 radical (unpaired) electrons. The summed E-state index contributed by atoms with van der Waals surface area (Å²) in [5, 5.41) is 13.3. The van der Waals surface area contributed by atoms with Crippen molar-refractivity contribution in [3.05, 3.63) is 708 Å². The molecule has 0 aliphatic heterocycles. The average Bonchev–Trinajstić information content (AvgIpc) is 1.53. The summed E-state index contributed by atoms with van der Waals surface area (Å²) in [4.78, 5) is 0. The van der Waals surface area contributed by atoms with Gasteiger partial charge in [-0.05, 0) is 189 Å². The molecule has 0 spiro atoms. The van der Waals surface area contributed by atoms with Crippen LogP contribution in [0.1, 0.15) is 117 Å². The maximum Gasteiger partial charge on any atom is 0.0713 e. The van der Waals surface area contributed by atoms with Gasteiger partial charge in [-0.1, -0.05) is 646 Å². The lowest BCUT2D eigenvalue weighted by molar-refractivity contribution is 0.626. The molecule has 0 fully saturated rings. The van der Waals surface area contributed by atoms with Gasteiger partial charge in [-0.3, -0.25) is 0 Å². The molecule has 144 heavy (non-hydrogen) atoms. The van der Waals surface area contributed by atoms with Crippen LogP contribution in [0.25, 0.3) is 87.2 Å². The molecule has 0 N–H and O–H groups in total.